The van der Waals surface area contributed by atoms with E-state index in [2.05, 4.69) is 25.6 Å². The second-order valence-electron chi connectivity index (χ2n) is 7.21. The molecule has 2 N–H and O–H groups in total. The number of halogens is 1. The topological polar surface area (TPSA) is 90.4 Å². The van der Waals surface area contributed by atoms with Crippen molar-refractivity contribution in [2.24, 2.45) is 0 Å². The first-order chi connectivity index (χ1) is 16.5. The molecule has 4 rings (SSSR count). The Morgan fingerprint density at radius 1 is 0.941 bits per heavy atom. The van der Waals surface area contributed by atoms with Crippen molar-refractivity contribution in [1.29, 1.82) is 0 Å². The summed E-state index contributed by atoms with van der Waals surface area (Å²) in [6.45, 7) is 2.43. The van der Waals surface area contributed by atoms with Crippen molar-refractivity contribution < 1.29 is 14.2 Å². The maximum Gasteiger partial charge on any atom is 0.231 e. The fourth-order valence-corrected chi connectivity index (χ4v) is 4.41. The molecule has 0 unspecified atom stereocenters. The van der Waals surface area contributed by atoms with Crippen LogP contribution in [0, 0.1) is 6.92 Å². The smallest absolute Gasteiger partial charge is 0.231 e. The van der Waals surface area contributed by atoms with Gasteiger partial charge in [0.25, 0.3) is 0 Å². The summed E-state index contributed by atoms with van der Waals surface area (Å²) in [5.41, 5.74) is 2.92. The Morgan fingerprint density at radius 2 is 1.68 bits per heavy atom. The predicted octanol–water partition coefficient (Wildman–Crippen LogP) is 5.94. The molecular formula is C24H24ClN5O3S. The van der Waals surface area contributed by atoms with E-state index < -0.39 is 0 Å². The van der Waals surface area contributed by atoms with Gasteiger partial charge in [-0.05, 0) is 48.9 Å². The van der Waals surface area contributed by atoms with Gasteiger partial charge in [-0.25, -0.2) is 9.97 Å². The van der Waals surface area contributed by atoms with E-state index >= 15 is 0 Å². The van der Waals surface area contributed by atoms with Gasteiger partial charge < -0.3 is 19.5 Å². The molecule has 0 saturated heterocycles. The van der Waals surface area contributed by atoms with E-state index in [4.69, 9.17) is 25.8 Å². The fraction of sp³-hybridized carbons (Fsp3) is 0.208. The van der Waals surface area contributed by atoms with Crippen LogP contribution in [0.3, 0.4) is 0 Å². The van der Waals surface area contributed by atoms with Gasteiger partial charge in [0.2, 0.25) is 5.95 Å². The zero-order valence-electron chi connectivity index (χ0n) is 19.2. The number of aromatic nitrogens is 3. The molecule has 0 aliphatic rings. The number of methoxy groups -OCH3 is 3. The van der Waals surface area contributed by atoms with Gasteiger partial charge >= 0.3 is 0 Å². The van der Waals surface area contributed by atoms with Crippen LogP contribution in [0.4, 0.5) is 16.9 Å². The van der Waals surface area contributed by atoms with Gasteiger partial charge in [-0.1, -0.05) is 22.9 Å². The minimum Gasteiger partial charge on any atom is -0.497 e. The van der Waals surface area contributed by atoms with Crippen molar-refractivity contribution >= 4 is 39.8 Å². The van der Waals surface area contributed by atoms with Crippen LogP contribution in [-0.2, 0) is 6.54 Å². The summed E-state index contributed by atoms with van der Waals surface area (Å²) in [7, 11) is 4.89. The van der Waals surface area contributed by atoms with Crippen LogP contribution in [0.25, 0.3) is 10.4 Å². The van der Waals surface area contributed by atoms with Gasteiger partial charge in [-0.15, -0.1) is 0 Å². The minimum absolute atomic E-state index is 0.392. The van der Waals surface area contributed by atoms with Crippen LogP contribution < -0.4 is 24.8 Å². The molecule has 2 aromatic heterocycles. The summed E-state index contributed by atoms with van der Waals surface area (Å²) >= 11 is 7.86. The van der Waals surface area contributed by atoms with Crippen LogP contribution in [-0.4, -0.2) is 36.3 Å². The lowest BCUT2D eigenvalue weighted by Crippen LogP contribution is -2.06. The van der Waals surface area contributed by atoms with Crippen LogP contribution in [0.15, 0.2) is 48.7 Å². The van der Waals surface area contributed by atoms with E-state index in [9.17, 15) is 0 Å². The lowest BCUT2D eigenvalue weighted by atomic mass is 10.1. The van der Waals surface area contributed by atoms with Crippen molar-refractivity contribution in [2.75, 3.05) is 32.0 Å². The maximum atomic E-state index is 6.33. The number of hydrogen-bond donors (Lipinski definition) is 2. The average Bonchev–Trinajstić information content (AvgIpc) is 3.23. The SMILES string of the molecule is COc1ccc(-c2sc(Nc3ncc(Cl)c(NCc4ccc(OC)cc4OC)n3)nc2C)cc1. The molecular weight excluding hydrogens is 474 g/mol. The van der Waals surface area contributed by atoms with E-state index in [1.807, 2.05) is 49.4 Å². The van der Waals surface area contributed by atoms with Crippen molar-refractivity contribution in [2.45, 2.75) is 13.5 Å². The molecule has 10 heteroatoms. The van der Waals surface area contributed by atoms with Crippen molar-refractivity contribution in [1.82, 2.24) is 15.0 Å². The first-order valence-corrected chi connectivity index (χ1v) is 11.6. The molecule has 0 spiro atoms. The number of benzene rings is 2. The average molecular weight is 498 g/mol. The number of thiazole rings is 1. The van der Waals surface area contributed by atoms with E-state index in [0.29, 0.717) is 34.2 Å². The molecule has 2 heterocycles. The Bertz CT molecular complexity index is 1280. The molecule has 2 aromatic carbocycles. The second kappa shape index (κ2) is 10.6. The summed E-state index contributed by atoms with van der Waals surface area (Å²) in [5.74, 6) is 3.13. The van der Waals surface area contributed by atoms with Gasteiger partial charge in [0.05, 0.1) is 38.1 Å². The highest BCUT2D eigenvalue weighted by atomic mass is 35.5. The second-order valence-corrected chi connectivity index (χ2v) is 8.61. The molecule has 0 amide bonds. The molecule has 176 valence electrons. The molecule has 34 heavy (non-hydrogen) atoms. The van der Waals surface area contributed by atoms with Gasteiger partial charge in [0, 0.05) is 18.2 Å². The third-order valence-electron chi connectivity index (χ3n) is 5.05. The van der Waals surface area contributed by atoms with Crippen LogP contribution in [0.1, 0.15) is 11.3 Å². The standard InChI is InChI=1S/C24H24ClN5O3S/c1-14-21(15-5-8-17(31-2)9-6-15)34-24(28-14)30-23-27-13-19(25)22(29-23)26-12-16-7-10-18(32-3)11-20(16)33-4/h5-11,13H,12H2,1-4H3,(H2,26,27,28,29,30). The number of hydrogen-bond acceptors (Lipinski definition) is 9. The number of nitrogens with one attached hydrogen (secondary N) is 2. The highest BCUT2D eigenvalue weighted by Crippen LogP contribution is 2.35. The number of anilines is 3. The maximum absolute atomic E-state index is 6.33. The summed E-state index contributed by atoms with van der Waals surface area (Å²) < 4.78 is 16.0. The summed E-state index contributed by atoms with van der Waals surface area (Å²) in [6.07, 6.45) is 1.55. The lowest BCUT2D eigenvalue weighted by molar-refractivity contribution is 0.391. The number of ether oxygens (including phenoxy) is 3. The molecule has 0 aliphatic carbocycles. The summed E-state index contributed by atoms with van der Waals surface area (Å²) in [5, 5.41) is 7.53. The number of aryl methyl sites for hydroxylation is 1. The van der Waals surface area contributed by atoms with E-state index in [0.717, 1.165) is 33.2 Å². The van der Waals surface area contributed by atoms with E-state index in [-0.39, 0.29) is 0 Å². The molecule has 8 nitrogen and oxygen atoms in total. The molecule has 0 fully saturated rings. The molecule has 0 saturated carbocycles. The zero-order valence-corrected chi connectivity index (χ0v) is 20.8. The molecule has 4 aromatic rings. The first-order valence-electron chi connectivity index (χ1n) is 10.4. The highest BCUT2D eigenvalue weighted by Gasteiger charge is 2.13. The number of nitrogens with zero attached hydrogens (tertiary/aromatic N) is 3. The van der Waals surface area contributed by atoms with Gasteiger partial charge in [-0.2, -0.15) is 4.98 Å². The molecule has 0 atom stereocenters. The predicted molar refractivity (Wildman–Crippen MR) is 136 cm³/mol. The van der Waals surface area contributed by atoms with Gasteiger partial charge in [-0.3, -0.25) is 5.32 Å². The van der Waals surface area contributed by atoms with Crippen molar-refractivity contribution in [3.8, 4) is 27.7 Å². The Labute approximate surface area is 206 Å². The van der Waals surface area contributed by atoms with E-state index in [1.54, 1.807) is 27.5 Å². The Kier molecular flexibility index (Phi) is 7.34. The minimum atomic E-state index is 0.392. The van der Waals surface area contributed by atoms with Gasteiger partial charge in [0.1, 0.15) is 22.3 Å². The van der Waals surface area contributed by atoms with Crippen LogP contribution in [0.5, 0.6) is 17.2 Å². The quantitative estimate of drug-likeness (QED) is 0.293. The van der Waals surface area contributed by atoms with Crippen LogP contribution in [0.2, 0.25) is 5.02 Å². The van der Waals surface area contributed by atoms with E-state index in [1.165, 1.54) is 11.3 Å². The monoisotopic (exact) mass is 497 g/mol. The summed E-state index contributed by atoms with van der Waals surface area (Å²) in [4.78, 5) is 14.5. The zero-order chi connectivity index (χ0) is 24.1. The third-order valence-corrected chi connectivity index (χ3v) is 6.45. The third kappa shape index (κ3) is 5.32. The fourth-order valence-electron chi connectivity index (χ4n) is 3.28. The van der Waals surface area contributed by atoms with Crippen LogP contribution >= 0.6 is 22.9 Å². The van der Waals surface area contributed by atoms with Crippen molar-refractivity contribution in [3.63, 3.8) is 0 Å². The highest BCUT2D eigenvalue weighted by molar-refractivity contribution is 7.19. The van der Waals surface area contributed by atoms with Crippen molar-refractivity contribution in [3.05, 3.63) is 64.9 Å². The van der Waals surface area contributed by atoms with Gasteiger partial charge in [0.15, 0.2) is 10.9 Å². The largest absolute Gasteiger partial charge is 0.497 e. The Hall–Kier alpha value is -3.56. The Balaban J connectivity index is 1.49. The first kappa shape index (κ1) is 23.6. The molecule has 0 radical (unpaired) electrons. The lowest BCUT2D eigenvalue weighted by Gasteiger charge is -2.13. The number of rotatable bonds is 9. The molecule has 0 aliphatic heterocycles. The Morgan fingerprint density at radius 3 is 2.38 bits per heavy atom. The normalized spacial score (nSPS) is 10.6. The summed E-state index contributed by atoms with van der Waals surface area (Å²) in [6, 6.07) is 13.5. The molecule has 0 bridgehead atoms.